The van der Waals surface area contributed by atoms with Crippen LogP contribution in [0.4, 0.5) is 0 Å². The average Bonchev–Trinajstić information content (AvgIpc) is 3.27. The number of nitrogens with one attached hydrogen (secondary N) is 1. The van der Waals surface area contributed by atoms with Crippen LogP contribution < -0.4 is 5.32 Å². The molecule has 0 bridgehead atoms. The summed E-state index contributed by atoms with van der Waals surface area (Å²) in [5.41, 5.74) is 3.83. The van der Waals surface area contributed by atoms with Gasteiger partial charge in [-0.15, -0.1) is 22.7 Å². The first kappa shape index (κ1) is 19.1. The van der Waals surface area contributed by atoms with Crippen molar-refractivity contribution >= 4 is 40.3 Å². The molecule has 0 fully saturated rings. The van der Waals surface area contributed by atoms with E-state index in [1.807, 2.05) is 36.6 Å². The second-order valence-electron chi connectivity index (χ2n) is 6.25. The molecule has 2 heterocycles. The number of amides is 1. The van der Waals surface area contributed by atoms with E-state index in [4.69, 9.17) is 0 Å². The number of aromatic nitrogens is 2. The van der Waals surface area contributed by atoms with E-state index in [0.29, 0.717) is 18.0 Å². The van der Waals surface area contributed by atoms with Crippen LogP contribution in [0.5, 0.6) is 0 Å². The summed E-state index contributed by atoms with van der Waals surface area (Å²) in [5.74, 6) is 1.20. The first-order valence-electron chi connectivity index (χ1n) is 8.37. The second-order valence-corrected chi connectivity index (χ2v) is 9.23. The molecule has 0 aliphatic rings. The largest absolute Gasteiger partial charge is 0.346 e. The minimum atomic E-state index is -0.0705. The fourth-order valence-electron chi connectivity index (χ4n) is 2.24. The molecule has 0 unspecified atom stereocenters. The summed E-state index contributed by atoms with van der Waals surface area (Å²) in [5, 5.41) is 8.11. The van der Waals surface area contributed by atoms with Crippen molar-refractivity contribution < 1.29 is 4.79 Å². The maximum absolute atomic E-state index is 12.3. The topological polar surface area (TPSA) is 54.9 Å². The lowest BCUT2D eigenvalue weighted by atomic mass is 10.1. The molecule has 0 aliphatic heterocycles. The Hall–Kier alpha value is -1.70. The first-order chi connectivity index (χ1) is 12.5. The Bertz CT molecular complexity index is 868. The van der Waals surface area contributed by atoms with Crippen LogP contribution in [-0.2, 0) is 12.3 Å². The Morgan fingerprint density at radius 3 is 2.54 bits per heavy atom. The Morgan fingerprint density at radius 2 is 1.92 bits per heavy atom. The van der Waals surface area contributed by atoms with E-state index in [2.05, 4.69) is 34.5 Å². The van der Waals surface area contributed by atoms with Gasteiger partial charge in [0.15, 0.2) is 0 Å². The number of carbonyl (C=O) groups is 1. The number of rotatable bonds is 7. The number of thioether (sulfide) groups is 1. The molecule has 1 aromatic carbocycles. The molecule has 7 heteroatoms. The quantitative estimate of drug-likeness (QED) is 0.547. The third-order valence-electron chi connectivity index (χ3n) is 3.67. The molecule has 136 valence electrons. The van der Waals surface area contributed by atoms with Crippen molar-refractivity contribution in [2.45, 2.75) is 43.3 Å². The van der Waals surface area contributed by atoms with Gasteiger partial charge in [0.1, 0.15) is 4.34 Å². The third kappa shape index (κ3) is 5.16. The van der Waals surface area contributed by atoms with Crippen molar-refractivity contribution in [3.8, 4) is 0 Å². The van der Waals surface area contributed by atoms with Gasteiger partial charge in [0, 0.05) is 33.7 Å². The lowest BCUT2D eigenvalue weighted by Gasteiger charge is -2.05. The summed E-state index contributed by atoms with van der Waals surface area (Å²) in [4.78, 5) is 21.3. The minimum Gasteiger partial charge on any atom is -0.346 e. The Balaban J connectivity index is 1.51. The fraction of sp³-hybridized carbons (Fsp3) is 0.316. The fourth-order valence-corrected chi connectivity index (χ4v) is 4.88. The van der Waals surface area contributed by atoms with Crippen molar-refractivity contribution in [3.63, 3.8) is 0 Å². The third-order valence-corrected chi connectivity index (χ3v) is 7.07. The molecule has 3 aromatic rings. The molecular weight excluding hydrogens is 382 g/mol. The molecule has 3 rings (SSSR count). The average molecular weight is 404 g/mol. The molecule has 1 amide bonds. The standard InChI is InChI=1S/C19H21N3OS3/c1-12(2)18-22-16(11-24-18)8-20-17(23)15-6-4-14(5-7-15)10-26-19-21-13(3)9-25-19/h4-7,9,11-12H,8,10H2,1-3H3,(H,20,23). The van der Waals surface area contributed by atoms with Crippen LogP contribution in [0.1, 0.15) is 52.1 Å². The molecule has 0 radical (unpaired) electrons. The van der Waals surface area contributed by atoms with Gasteiger partial charge >= 0.3 is 0 Å². The number of hydrogen-bond donors (Lipinski definition) is 1. The predicted molar refractivity (Wildman–Crippen MR) is 110 cm³/mol. The van der Waals surface area contributed by atoms with Gasteiger partial charge in [-0.25, -0.2) is 9.97 Å². The highest BCUT2D eigenvalue weighted by Crippen LogP contribution is 2.26. The number of benzene rings is 1. The molecule has 1 N–H and O–H groups in total. The van der Waals surface area contributed by atoms with Gasteiger partial charge in [-0.05, 0) is 24.6 Å². The highest BCUT2D eigenvalue weighted by molar-refractivity contribution is 8.00. The van der Waals surface area contributed by atoms with E-state index >= 15 is 0 Å². The lowest BCUT2D eigenvalue weighted by molar-refractivity contribution is 0.0950. The van der Waals surface area contributed by atoms with Gasteiger partial charge in [-0.3, -0.25) is 4.79 Å². The zero-order valence-electron chi connectivity index (χ0n) is 15.0. The molecular formula is C19H21N3OS3. The van der Waals surface area contributed by atoms with Crippen molar-refractivity contribution in [3.05, 3.63) is 62.5 Å². The smallest absolute Gasteiger partial charge is 0.251 e. The summed E-state index contributed by atoms with van der Waals surface area (Å²) >= 11 is 5.03. The van der Waals surface area contributed by atoms with Crippen LogP contribution in [0.3, 0.4) is 0 Å². The summed E-state index contributed by atoms with van der Waals surface area (Å²) < 4.78 is 1.08. The number of nitrogens with zero attached hydrogens (tertiary/aromatic N) is 2. The monoisotopic (exact) mass is 403 g/mol. The SMILES string of the molecule is Cc1csc(SCc2ccc(C(=O)NCc3csc(C(C)C)n3)cc2)n1. The molecule has 0 saturated carbocycles. The van der Waals surface area contributed by atoms with Gasteiger partial charge in [-0.1, -0.05) is 37.7 Å². The Morgan fingerprint density at radius 1 is 1.15 bits per heavy atom. The normalized spacial score (nSPS) is 11.1. The first-order valence-corrected chi connectivity index (χ1v) is 11.1. The highest BCUT2D eigenvalue weighted by atomic mass is 32.2. The molecule has 4 nitrogen and oxygen atoms in total. The van der Waals surface area contributed by atoms with E-state index in [9.17, 15) is 4.79 Å². The van der Waals surface area contributed by atoms with E-state index in [1.165, 1.54) is 5.56 Å². The molecule has 26 heavy (non-hydrogen) atoms. The Labute approximate surface area is 166 Å². The zero-order chi connectivity index (χ0) is 18.5. The minimum absolute atomic E-state index is 0.0705. The van der Waals surface area contributed by atoms with Crippen LogP contribution in [-0.4, -0.2) is 15.9 Å². The second kappa shape index (κ2) is 8.79. The highest BCUT2D eigenvalue weighted by Gasteiger charge is 2.09. The van der Waals surface area contributed by atoms with Crippen LogP contribution in [0.2, 0.25) is 0 Å². The van der Waals surface area contributed by atoms with Crippen LogP contribution in [0.15, 0.2) is 39.4 Å². The van der Waals surface area contributed by atoms with Crippen molar-refractivity contribution in [1.82, 2.24) is 15.3 Å². The Kier molecular flexibility index (Phi) is 6.45. The van der Waals surface area contributed by atoms with Gasteiger partial charge in [0.2, 0.25) is 0 Å². The molecule has 0 spiro atoms. The summed E-state index contributed by atoms with van der Waals surface area (Å²) in [6.45, 7) is 6.71. The summed E-state index contributed by atoms with van der Waals surface area (Å²) in [6, 6.07) is 7.75. The van der Waals surface area contributed by atoms with Gasteiger partial charge in [0.25, 0.3) is 5.91 Å². The van der Waals surface area contributed by atoms with Crippen LogP contribution in [0, 0.1) is 6.92 Å². The van der Waals surface area contributed by atoms with E-state index < -0.39 is 0 Å². The van der Waals surface area contributed by atoms with E-state index in [-0.39, 0.29) is 5.91 Å². The van der Waals surface area contributed by atoms with E-state index in [1.54, 1.807) is 34.4 Å². The van der Waals surface area contributed by atoms with Crippen molar-refractivity contribution in [2.24, 2.45) is 0 Å². The number of carbonyl (C=O) groups excluding carboxylic acids is 1. The molecule has 2 aromatic heterocycles. The number of thiazole rings is 2. The molecule has 0 atom stereocenters. The van der Waals surface area contributed by atoms with Crippen LogP contribution in [0.25, 0.3) is 0 Å². The van der Waals surface area contributed by atoms with Crippen molar-refractivity contribution in [2.75, 3.05) is 0 Å². The zero-order valence-corrected chi connectivity index (χ0v) is 17.4. The molecule has 0 saturated heterocycles. The maximum Gasteiger partial charge on any atom is 0.251 e. The van der Waals surface area contributed by atoms with Gasteiger partial charge in [0.05, 0.1) is 17.2 Å². The van der Waals surface area contributed by atoms with Crippen LogP contribution >= 0.6 is 34.4 Å². The molecule has 0 aliphatic carbocycles. The van der Waals surface area contributed by atoms with Gasteiger partial charge < -0.3 is 5.32 Å². The summed E-state index contributed by atoms with van der Waals surface area (Å²) in [7, 11) is 0. The number of aryl methyl sites for hydroxylation is 1. The number of hydrogen-bond acceptors (Lipinski definition) is 6. The maximum atomic E-state index is 12.3. The van der Waals surface area contributed by atoms with Gasteiger partial charge in [-0.2, -0.15) is 0 Å². The van der Waals surface area contributed by atoms with Crippen molar-refractivity contribution in [1.29, 1.82) is 0 Å². The summed E-state index contributed by atoms with van der Waals surface area (Å²) in [6.07, 6.45) is 0. The predicted octanol–water partition coefficient (Wildman–Crippen LogP) is 5.25. The van der Waals surface area contributed by atoms with E-state index in [0.717, 1.165) is 26.5 Å². The lowest BCUT2D eigenvalue weighted by Crippen LogP contribution is -2.22.